The van der Waals surface area contributed by atoms with Crippen molar-refractivity contribution in [1.82, 2.24) is 14.9 Å². The van der Waals surface area contributed by atoms with Crippen LogP contribution < -0.4 is 10.2 Å². The van der Waals surface area contributed by atoms with Gasteiger partial charge in [0.1, 0.15) is 12.4 Å². The number of benzene rings is 2. The molecule has 3 rings (SSSR count). The van der Waals surface area contributed by atoms with E-state index in [0.29, 0.717) is 16.5 Å². The van der Waals surface area contributed by atoms with Gasteiger partial charge < -0.3 is 4.74 Å². The standard InChI is InChI=1S/C23H28N4O2S/c1-15(2)12-18-8-10-19(11-9-18)17(4)22(28)26-27-21(24-25-23(27)30)14-29-20-7-5-6-16(3)13-20/h5-11,13,15,17H,12,14H2,1-4H3,(H,25,30)(H,26,28). The van der Waals surface area contributed by atoms with Crippen molar-refractivity contribution < 1.29 is 9.53 Å². The Kier molecular flexibility index (Phi) is 7.05. The van der Waals surface area contributed by atoms with E-state index in [1.54, 1.807) is 0 Å². The molecule has 1 heterocycles. The average molecular weight is 425 g/mol. The van der Waals surface area contributed by atoms with E-state index >= 15 is 0 Å². The lowest BCUT2D eigenvalue weighted by molar-refractivity contribution is -0.118. The largest absolute Gasteiger partial charge is 0.486 e. The van der Waals surface area contributed by atoms with Crippen LogP contribution in [0.3, 0.4) is 0 Å². The molecule has 0 aliphatic rings. The maximum Gasteiger partial charge on any atom is 0.246 e. The summed E-state index contributed by atoms with van der Waals surface area (Å²) in [5, 5.41) is 6.90. The first-order valence-electron chi connectivity index (χ1n) is 10.1. The molecule has 158 valence electrons. The normalized spacial score (nSPS) is 12.0. The number of carbonyl (C=O) groups is 1. The number of ether oxygens (including phenoxy) is 1. The molecule has 2 N–H and O–H groups in total. The maximum absolute atomic E-state index is 12.8. The van der Waals surface area contributed by atoms with E-state index in [0.717, 1.165) is 23.3 Å². The summed E-state index contributed by atoms with van der Waals surface area (Å²) in [5.41, 5.74) is 6.18. The molecule has 0 radical (unpaired) electrons. The lowest BCUT2D eigenvalue weighted by Gasteiger charge is -2.15. The lowest BCUT2D eigenvalue weighted by atomic mass is 9.96. The number of rotatable bonds is 8. The molecule has 1 aromatic heterocycles. The second-order valence-electron chi connectivity index (χ2n) is 7.92. The zero-order valence-electron chi connectivity index (χ0n) is 17.8. The van der Waals surface area contributed by atoms with Crippen molar-refractivity contribution >= 4 is 18.1 Å². The van der Waals surface area contributed by atoms with Crippen LogP contribution in [-0.4, -0.2) is 20.8 Å². The summed E-state index contributed by atoms with van der Waals surface area (Å²) in [5.74, 6) is 1.33. The van der Waals surface area contributed by atoms with Crippen molar-refractivity contribution in [3.63, 3.8) is 0 Å². The average Bonchev–Trinajstić information content (AvgIpc) is 3.05. The number of aromatic nitrogens is 3. The number of hydrogen-bond acceptors (Lipinski definition) is 4. The highest BCUT2D eigenvalue weighted by molar-refractivity contribution is 7.71. The van der Waals surface area contributed by atoms with Crippen LogP contribution in [0.5, 0.6) is 5.75 Å². The van der Waals surface area contributed by atoms with E-state index in [4.69, 9.17) is 17.0 Å². The SMILES string of the molecule is Cc1cccc(OCc2n[nH]c(=S)n2NC(=O)C(C)c2ccc(CC(C)C)cc2)c1. The number of H-pyrrole nitrogens is 1. The molecule has 0 aliphatic carbocycles. The number of aromatic amines is 1. The van der Waals surface area contributed by atoms with Crippen LogP contribution in [0.1, 0.15) is 49.2 Å². The first kappa shape index (κ1) is 21.8. The van der Waals surface area contributed by atoms with Crippen molar-refractivity contribution in [1.29, 1.82) is 0 Å². The number of hydrogen-bond donors (Lipinski definition) is 2. The zero-order valence-corrected chi connectivity index (χ0v) is 18.6. The summed E-state index contributed by atoms with van der Waals surface area (Å²) in [7, 11) is 0. The Balaban J connectivity index is 1.67. The molecule has 7 heteroatoms. The smallest absolute Gasteiger partial charge is 0.246 e. The second kappa shape index (κ2) is 9.71. The number of nitrogens with one attached hydrogen (secondary N) is 2. The van der Waals surface area contributed by atoms with Crippen LogP contribution in [0.2, 0.25) is 0 Å². The molecule has 1 unspecified atom stereocenters. The minimum atomic E-state index is -0.333. The summed E-state index contributed by atoms with van der Waals surface area (Å²) < 4.78 is 7.58. The first-order chi connectivity index (χ1) is 14.3. The number of amides is 1. The Bertz CT molecular complexity index is 1050. The Morgan fingerprint density at radius 2 is 1.93 bits per heavy atom. The van der Waals surface area contributed by atoms with Crippen LogP contribution in [0.4, 0.5) is 0 Å². The van der Waals surface area contributed by atoms with E-state index in [2.05, 4.69) is 41.6 Å². The number of aryl methyl sites for hydroxylation is 1. The Labute approximate surface area is 182 Å². The molecule has 1 atom stereocenters. The summed E-state index contributed by atoms with van der Waals surface area (Å²) in [6.45, 7) is 8.44. The van der Waals surface area contributed by atoms with Gasteiger partial charge in [0, 0.05) is 0 Å². The predicted molar refractivity (Wildman–Crippen MR) is 121 cm³/mol. The third kappa shape index (κ3) is 5.57. The highest BCUT2D eigenvalue weighted by atomic mass is 32.1. The predicted octanol–water partition coefficient (Wildman–Crippen LogP) is 4.90. The van der Waals surface area contributed by atoms with Crippen molar-refractivity contribution in [2.45, 2.75) is 46.6 Å². The molecule has 2 aromatic carbocycles. The molecule has 3 aromatic rings. The van der Waals surface area contributed by atoms with E-state index in [1.165, 1.54) is 10.2 Å². The minimum Gasteiger partial charge on any atom is -0.486 e. The summed E-state index contributed by atoms with van der Waals surface area (Å²) >= 11 is 5.28. The van der Waals surface area contributed by atoms with Gasteiger partial charge in [-0.1, -0.05) is 50.2 Å². The molecule has 0 saturated carbocycles. The van der Waals surface area contributed by atoms with Crippen LogP contribution in [0.25, 0.3) is 0 Å². The lowest BCUT2D eigenvalue weighted by Crippen LogP contribution is -2.29. The Morgan fingerprint density at radius 1 is 1.20 bits per heavy atom. The fourth-order valence-electron chi connectivity index (χ4n) is 3.17. The third-order valence-electron chi connectivity index (χ3n) is 4.84. The Morgan fingerprint density at radius 3 is 2.60 bits per heavy atom. The second-order valence-corrected chi connectivity index (χ2v) is 8.31. The fourth-order valence-corrected chi connectivity index (χ4v) is 3.36. The zero-order chi connectivity index (χ0) is 21.7. The van der Waals surface area contributed by atoms with E-state index in [-0.39, 0.29) is 18.4 Å². The van der Waals surface area contributed by atoms with Gasteiger partial charge >= 0.3 is 0 Å². The van der Waals surface area contributed by atoms with Crippen molar-refractivity contribution in [3.8, 4) is 5.75 Å². The molecule has 1 amide bonds. The molecule has 30 heavy (non-hydrogen) atoms. The fraction of sp³-hybridized carbons (Fsp3) is 0.348. The van der Waals surface area contributed by atoms with E-state index < -0.39 is 0 Å². The summed E-state index contributed by atoms with van der Waals surface area (Å²) in [6, 6.07) is 15.9. The quantitative estimate of drug-likeness (QED) is 0.505. The van der Waals surface area contributed by atoms with Gasteiger partial charge in [-0.05, 0) is 67.2 Å². The highest BCUT2D eigenvalue weighted by Gasteiger charge is 2.18. The topological polar surface area (TPSA) is 71.9 Å². The van der Waals surface area contributed by atoms with Gasteiger partial charge in [0.05, 0.1) is 5.92 Å². The molecule has 0 saturated heterocycles. The molecule has 6 nitrogen and oxygen atoms in total. The van der Waals surface area contributed by atoms with Gasteiger partial charge in [0.2, 0.25) is 10.7 Å². The minimum absolute atomic E-state index is 0.166. The molecular weight excluding hydrogens is 396 g/mol. The summed E-state index contributed by atoms with van der Waals surface area (Å²) in [6.07, 6.45) is 1.02. The van der Waals surface area contributed by atoms with Crippen molar-refractivity contribution in [2.75, 3.05) is 5.43 Å². The first-order valence-corrected chi connectivity index (χ1v) is 10.5. The van der Waals surface area contributed by atoms with Gasteiger partial charge in [0.25, 0.3) is 0 Å². The van der Waals surface area contributed by atoms with Gasteiger partial charge in [-0.25, -0.2) is 4.68 Å². The van der Waals surface area contributed by atoms with Crippen molar-refractivity contribution in [3.05, 3.63) is 75.8 Å². The molecule has 0 aliphatic heterocycles. The monoisotopic (exact) mass is 424 g/mol. The van der Waals surface area contributed by atoms with Gasteiger partial charge in [-0.2, -0.15) is 5.10 Å². The Hall–Kier alpha value is -2.93. The van der Waals surface area contributed by atoms with Crippen LogP contribution >= 0.6 is 12.2 Å². The highest BCUT2D eigenvalue weighted by Crippen LogP contribution is 2.19. The third-order valence-corrected chi connectivity index (χ3v) is 5.11. The van der Waals surface area contributed by atoms with Gasteiger partial charge in [-0.15, -0.1) is 0 Å². The molecule has 0 spiro atoms. The number of nitrogens with zero attached hydrogens (tertiary/aromatic N) is 2. The van der Waals surface area contributed by atoms with E-state index in [9.17, 15) is 4.79 Å². The maximum atomic E-state index is 12.8. The van der Waals surface area contributed by atoms with Gasteiger partial charge in [0.15, 0.2) is 5.82 Å². The molecule has 0 bridgehead atoms. The van der Waals surface area contributed by atoms with Crippen molar-refractivity contribution in [2.24, 2.45) is 5.92 Å². The van der Waals surface area contributed by atoms with E-state index in [1.807, 2.05) is 50.2 Å². The number of carbonyl (C=O) groups excluding carboxylic acids is 1. The molecule has 0 fully saturated rings. The molecular formula is C23H28N4O2S. The van der Waals surface area contributed by atoms with Crippen LogP contribution in [-0.2, 0) is 17.8 Å². The van der Waals surface area contributed by atoms with Crippen LogP contribution in [0, 0.1) is 17.6 Å². The van der Waals surface area contributed by atoms with Crippen LogP contribution in [0.15, 0.2) is 48.5 Å². The summed E-state index contributed by atoms with van der Waals surface area (Å²) in [4.78, 5) is 12.8. The van der Waals surface area contributed by atoms with Gasteiger partial charge in [-0.3, -0.25) is 15.3 Å².